The molecule has 9 heteroatoms. The van der Waals surface area contributed by atoms with Crippen molar-refractivity contribution in [1.82, 2.24) is 19.7 Å². The van der Waals surface area contributed by atoms with Crippen molar-refractivity contribution < 1.29 is 18.0 Å². The quantitative estimate of drug-likeness (QED) is 0.737. The van der Waals surface area contributed by atoms with Gasteiger partial charge in [-0.05, 0) is 44.5 Å². The minimum Gasteiger partial charge on any atom is -0.310 e. The second-order valence-electron chi connectivity index (χ2n) is 6.36. The lowest BCUT2D eigenvalue weighted by atomic mass is 10.1. The standard InChI is InChI=1S/C19H18F3N5O/c1-11-5-4-8-23-18(11)25-17(28)9-15-12(2)26-27(13(15)3)16-7-6-14(10-24-16)19(20,21)22/h4-8,10H,9H2,1-3H3,(H,23,25,28). The van der Waals surface area contributed by atoms with Crippen LogP contribution in [0, 0.1) is 20.8 Å². The maximum absolute atomic E-state index is 12.7. The third kappa shape index (κ3) is 4.03. The van der Waals surface area contributed by atoms with Gasteiger partial charge in [0.25, 0.3) is 0 Å². The Labute approximate surface area is 159 Å². The molecule has 146 valence electrons. The monoisotopic (exact) mass is 389 g/mol. The summed E-state index contributed by atoms with van der Waals surface area (Å²) < 4.78 is 39.6. The summed E-state index contributed by atoms with van der Waals surface area (Å²) in [5.41, 5.74) is 1.94. The number of halogens is 3. The highest BCUT2D eigenvalue weighted by Gasteiger charge is 2.30. The predicted molar refractivity (Wildman–Crippen MR) is 97.1 cm³/mol. The van der Waals surface area contributed by atoms with Gasteiger partial charge in [-0.25, -0.2) is 14.6 Å². The van der Waals surface area contributed by atoms with Crippen molar-refractivity contribution in [3.05, 3.63) is 64.7 Å². The van der Waals surface area contributed by atoms with E-state index in [1.165, 1.54) is 10.7 Å². The summed E-state index contributed by atoms with van der Waals surface area (Å²) in [6.07, 6.45) is -2.03. The molecular weight excluding hydrogens is 371 g/mol. The van der Waals surface area contributed by atoms with Crippen LogP contribution in [0.25, 0.3) is 5.82 Å². The van der Waals surface area contributed by atoms with E-state index < -0.39 is 11.7 Å². The lowest BCUT2D eigenvalue weighted by Gasteiger charge is -2.09. The molecule has 0 fully saturated rings. The van der Waals surface area contributed by atoms with Crippen LogP contribution < -0.4 is 5.32 Å². The normalized spacial score (nSPS) is 11.5. The van der Waals surface area contributed by atoms with E-state index in [1.54, 1.807) is 26.1 Å². The number of aromatic nitrogens is 4. The topological polar surface area (TPSA) is 72.7 Å². The van der Waals surface area contributed by atoms with Gasteiger partial charge in [-0.2, -0.15) is 18.3 Å². The lowest BCUT2D eigenvalue weighted by molar-refractivity contribution is -0.137. The van der Waals surface area contributed by atoms with E-state index in [9.17, 15) is 18.0 Å². The molecule has 0 unspecified atom stereocenters. The number of amides is 1. The summed E-state index contributed by atoms with van der Waals surface area (Å²) in [6.45, 7) is 5.32. The molecule has 28 heavy (non-hydrogen) atoms. The van der Waals surface area contributed by atoms with Gasteiger partial charge in [-0.15, -0.1) is 0 Å². The minimum atomic E-state index is -4.45. The molecule has 3 heterocycles. The van der Waals surface area contributed by atoms with Gasteiger partial charge in [0.05, 0.1) is 17.7 Å². The van der Waals surface area contributed by atoms with Gasteiger partial charge in [-0.1, -0.05) is 6.07 Å². The van der Waals surface area contributed by atoms with E-state index in [4.69, 9.17) is 0 Å². The van der Waals surface area contributed by atoms with Gasteiger partial charge in [0.1, 0.15) is 5.82 Å². The van der Waals surface area contributed by atoms with Crippen LogP contribution in [0.4, 0.5) is 19.0 Å². The Morgan fingerprint density at radius 3 is 2.50 bits per heavy atom. The molecule has 0 radical (unpaired) electrons. The maximum atomic E-state index is 12.7. The van der Waals surface area contributed by atoms with Gasteiger partial charge in [-0.3, -0.25) is 4.79 Å². The molecule has 0 aliphatic carbocycles. The summed E-state index contributed by atoms with van der Waals surface area (Å²) >= 11 is 0. The van der Waals surface area contributed by atoms with E-state index in [0.717, 1.165) is 17.8 Å². The fraction of sp³-hybridized carbons (Fsp3) is 0.263. The molecule has 0 aliphatic heterocycles. The van der Waals surface area contributed by atoms with Crippen LogP contribution in [0.3, 0.4) is 0 Å². The van der Waals surface area contributed by atoms with Crippen LogP contribution in [-0.2, 0) is 17.4 Å². The minimum absolute atomic E-state index is 0.0638. The number of aryl methyl sites for hydroxylation is 2. The molecule has 6 nitrogen and oxygen atoms in total. The first-order valence-electron chi connectivity index (χ1n) is 8.47. The van der Waals surface area contributed by atoms with E-state index in [-0.39, 0.29) is 18.1 Å². The summed E-state index contributed by atoms with van der Waals surface area (Å²) in [5, 5.41) is 7.09. The van der Waals surface area contributed by atoms with Gasteiger partial charge >= 0.3 is 6.18 Å². The molecule has 3 aromatic rings. The second-order valence-corrected chi connectivity index (χ2v) is 6.36. The number of hydrogen-bond donors (Lipinski definition) is 1. The molecule has 0 atom stereocenters. The summed E-state index contributed by atoms with van der Waals surface area (Å²) in [5.74, 6) is 0.480. The molecule has 0 aliphatic rings. The van der Waals surface area contributed by atoms with Gasteiger partial charge in [0, 0.05) is 23.7 Å². The van der Waals surface area contributed by atoms with Crippen LogP contribution >= 0.6 is 0 Å². The van der Waals surface area contributed by atoms with E-state index in [1.807, 2.05) is 13.0 Å². The highest BCUT2D eigenvalue weighted by Crippen LogP contribution is 2.29. The van der Waals surface area contributed by atoms with Crippen molar-refractivity contribution in [3.63, 3.8) is 0 Å². The Morgan fingerprint density at radius 1 is 1.14 bits per heavy atom. The molecule has 0 bridgehead atoms. The first kappa shape index (κ1) is 19.5. The average Bonchev–Trinajstić information content (AvgIpc) is 2.91. The smallest absolute Gasteiger partial charge is 0.310 e. The number of rotatable bonds is 4. The van der Waals surface area contributed by atoms with Gasteiger partial charge in [0.15, 0.2) is 5.82 Å². The Morgan fingerprint density at radius 2 is 1.89 bits per heavy atom. The third-order valence-electron chi connectivity index (χ3n) is 4.34. The van der Waals surface area contributed by atoms with Crippen molar-refractivity contribution in [2.75, 3.05) is 5.32 Å². The van der Waals surface area contributed by atoms with Crippen LogP contribution in [0.5, 0.6) is 0 Å². The van der Waals surface area contributed by atoms with E-state index in [2.05, 4.69) is 20.4 Å². The first-order chi connectivity index (χ1) is 13.2. The summed E-state index contributed by atoms with van der Waals surface area (Å²) in [4.78, 5) is 20.4. The number of carbonyl (C=O) groups is 1. The van der Waals surface area contributed by atoms with Crippen LogP contribution in [-0.4, -0.2) is 25.7 Å². The Balaban J connectivity index is 1.82. The van der Waals surface area contributed by atoms with Crippen molar-refractivity contribution in [3.8, 4) is 5.82 Å². The molecule has 0 saturated heterocycles. The Hall–Kier alpha value is -3.23. The number of nitrogens with one attached hydrogen (secondary N) is 1. The number of carbonyl (C=O) groups excluding carboxylic acids is 1. The van der Waals surface area contributed by atoms with E-state index >= 15 is 0 Å². The SMILES string of the molecule is Cc1cccnc1NC(=O)Cc1c(C)nn(-c2ccc(C(F)(F)F)cn2)c1C. The van der Waals surface area contributed by atoms with Crippen LogP contribution in [0.2, 0.25) is 0 Å². The summed E-state index contributed by atoms with van der Waals surface area (Å²) in [7, 11) is 0. The van der Waals surface area contributed by atoms with Crippen LogP contribution in [0.15, 0.2) is 36.7 Å². The summed E-state index contributed by atoms with van der Waals surface area (Å²) in [6, 6.07) is 5.83. The van der Waals surface area contributed by atoms with Crippen LogP contribution in [0.1, 0.15) is 28.1 Å². The fourth-order valence-corrected chi connectivity index (χ4v) is 2.79. The molecule has 0 spiro atoms. The van der Waals surface area contributed by atoms with Crippen molar-refractivity contribution in [1.29, 1.82) is 0 Å². The number of pyridine rings is 2. The highest BCUT2D eigenvalue weighted by atomic mass is 19.4. The zero-order chi connectivity index (χ0) is 20.5. The molecule has 0 aromatic carbocycles. The largest absolute Gasteiger partial charge is 0.417 e. The van der Waals surface area contributed by atoms with Crippen molar-refractivity contribution in [2.24, 2.45) is 0 Å². The number of anilines is 1. The molecule has 1 N–H and O–H groups in total. The average molecular weight is 389 g/mol. The molecule has 3 rings (SSSR count). The molecular formula is C19H18F3N5O. The molecule has 0 saturated carbocycles. The maximum Gasteiger partial charge on any atom is 0.417 e. The van der Waals surface area contributed by atoms with Crippen molar-refractivity contribution >= 4 is 11.7 Å². The molecule has 3 aromatic heterocycles. The number of alkyl halides is 3. The number of hydrogen-bond acceptors (Lipinski definition) is 4. The fourth-order valence-electron chi connectivity index (χ4n) is 2.79. The lowest BCUT2D eigenvalue weighted by Crippen LogP contribution is -2.17. The highest BCUT2D eigenvalue weighted by molar-refractivity contribution is 5.92. The Kier molecular flexibility index (Phi) is 5.17. The zero-order valence-electron chi connectivity index (χ0n) is 15.5. The zero-order valence-corrected chi connectivity index (χ0v) is 15.5. The predicted octanol–water partition coefficient (Wildman–Crippen LogP) is 3.79. The van der Waals surface area contributed by atoms with Gasteiger partial charge in [0.2, 0.25) is 5.91 Å². The third-order valence-corrected chi connectivity index (χ3v) is 4.34. The van der Waals surface area contributed by atoms with Crippen molar-refractivity contribution in [2.45, 2.75) is 33.4 Å². The second kappa shape index (κ2) is 7.41. The molecule has 1 amide bonds. The Bertz CT molecular complexity index is 1010. The number of nitrogens with zero attached hydrogens (tertiary/aromatic N) is 4. The van der Waals surface area contributed by atoms with Gasteiger partial charge < -0.3 is 5.32 Å². The first-order valence-corrected chi connectivity index (χ1v) is 8.47. The van der Waals surface area contributed by atoms with E-state index in [0.29, 0.717) is 22.8 Å².